The molecule has 1 N–H and O–H groups in total. The highest BCUT2D eigenvalue weighted by molar-refractivity contribution is 5.35. The van der Waals surface area contributed by atoms with Crippen LogP contribution in [0.3, 0.4) is 0 Å². The normalized spacial score (nSPS) is 18.2. The summed E-state index contributed by atoms with van der Waals surface area (Å²) in [5, 5.41) is 3.51. The number of benzene rings is 1. The molecule has 0 spiro atoms. The van der Waals surface area contributed by atoms with E-state index in [1.54, 1.807) is 11.1 Å². The van der Waals surface area contributed by atoms with Crippen LogP contribution in [0.5, 0.6) is 0 Å². The van der Waals surface area contributed by atoms with E-state index in [-0.39, 0.29) is 0 Å². The maximum Gasteiger partial charge on any atom is 0.0343 e. The lowest BCUT2D eigenvalue weighted by Gasteiger charge is -2.26. The first-order chi connectivity index (χ1) is 8.76. The zero-order valence-electron chi connectivity index (χ0n) is 12.1. The highest BCUT2D eigenvalue weighted by Gasteiger charge is 2.18. The fraction of sp³-hybridized carbons (Fsp3) is 0.647. The third kappa shape index (κ3) is 2.95. The van der Waals surface area contributed by atoms with Gasteiger partial charge in [-0.2, -0.15) is 0 Å². The first kappa shape index (κ1) is 13.6. The summed E-state index contributed by atoms with van der Waals surface area (Å²) in [6.45, 7) is 4.64. The zero-order valence-corrected chi connectivity index (χ0v) is 12.1. The quantitative estimate of drug-likeness (QED) is 0.817. The summed E-state index contributed by atoms with van der Waals surface area (Å²) < 4.78 is 0. The Labute approximate surface area is 112 Å². The summed E-state index contributed by atoms with van der Waals surface area (Å²) in [7, 11) is 2.09. The Hall–Kier alpha value is -0.820. The van der Waals surface area contributed by atoms with Gasteiger partial charge in [-0.05, 0) is 61.8 Å². The molecule has 18 heavy (non-hydrogen) atoms. The van der Waals surface area contributed by atoms with Crippen molar-refractivity contribution in [3.63, 3.8) is 0 Å². The van der Waals surface area contributed by atoms with Crippen molar-refractivity contribution >= 4 is 0 Å². The van der Waals surface area contributed by atoms with Crippen molar-refractivity contribution in [3.05, 3.63) is 34.9 Å². The van der Waals surface area contributed by atoms with Crippen LogP contribution in [0.4, 0.5) is 0 Å². The Morgan fingerprint density at radius 2 is 1.89 bits per heavy atom. The van der Waals surface area contributed by atoms with E-state index in [0.29, 0.717) is 12.0 Å². The molecule has 1 aromatic carbocycles. The maximum absolute atomic E-state index is 3.51. The van der Waals surface area contributed by atoms with Gasteiger partial charge < -0.3 is 5.32 Å². The van der Waals surface area contributed by atoms with Gasteiger partial charge in [-0.3, -0.25) is 0 Å². The molecule has 0 amide bonds. The monoisotopic (exact) mass is 245 g/mol. The summed E-state index contributed by atoms with van der Waals surface area (Å²) >= 11 is 0. The SMILES string of the molecule is CCCC(C)C(NC)c1ccc2c(c1)CCCC2. The van der Waals surface area contributed by atoms with Crippen molar-refractivity contribution in [2.24, 2.45) is 5.92 Å². The van der Waals surface area contributed by atoms with Crippen molar-refractivity contribution < 1.29 is 0 Å². The average molecular weight is 245 g/mol. The van der Waals surface area contributed by atoms with Crippen molar-refractivity contribution in [2.45, 2.75) is 58.4 Å². The number of nitrogens with one attached hydrogen (secondary N) is 1. The lowest BCUT2D eigenvalue weighted by Crippen LogP contribution is -2.23. The Kier molecular flexibility index (Phi) is 4.82. The molecule has 1 heteroatoms. The molecule has 0 aromatic heterocycles. The van der Waals surface area contributed by atoms with Crippen molar-refractivity contribution in [3.8, 4) is 0 Å². The molecule has 1 aliphatic carbocycles. The maximum atomic E-state index is 3.51. The first-order valence-electron chi connectivity index (χ1n) is 7.55. The van der Waals surface area contributed by atoms with Crippen LogP contribution in [-0.2, 0) is 12.8 Å². The molecule has 0 bridgehead atoms. The van der Waals surface area contributed by atoms with Gasteiger partial charge >= 0.3 is 0 Å². The highest BCUT2D eigenvalue weighted by Crippen LogP contribution is 2.29. The number of hydrogen-bond acceptors (Lipinski definition) is 1. The third-order valence-electron chi connectivity index (χ3n) is 4.36. The molecule has 100 valence electrons. The highest BCUT2D eigenvalue weighted by atomic mass is 14.9. The lowest BCUT2D eigenvalue weighted by molar-refractivity contribution is 0.383. The van der Waals surface area contributed by atoms with E-state index in [9.17, 15) is 0 Å². The summed E-state index contributed by atoms with van der Waals surface area (Å²) in [5.74, 6) is 0.710. The fourth-order valence-electron chi connectivity index (χ4n) is 3.35. The number of hydrogen-bond donors (Lipinski definition) is 1. The average Bonchev–Trinajstić information content (AvgIpc) is 2.40. The molecule has 2 unspecified atom stereocenters. The smallest absolute Gasteiger partial charge is 0.0343 e. The van der Waals surface area contributed by atoms with Gasteiger partial charge in [0.15, 0.2) is 0 Å². The molecule has 1 nitrogen and oxygen atoms in total. The van der Waals surface area contributed by atoms with E-state index in [1.165, 1.54) is 44.1 Å². The van der Waals surface area contributed by atoms with E-state index in [4.69, 9.17) is 0 Å². The molecule has 0 saturated carbocycles. The molecule has 0 radical (unpaired) electrons. The van der Waals surface area contributed by atoms with Crippen LogP contribution in [0.1, 0.15) is 62.3 Å². The molecule has 1 aliphatic rings. The minimum atomic E-state index is 0.511. The summed E-state index contributed by atoms with van der Waals surface area (Å²) in [6, 6.07) is 7.68. The van der Waals surface area contributed by atoms with E-state index in [0.717, 1.165) is 0 Å². The van der Waals surface area contributed by atoms with Crippen LogP contribution in [0.2, 0.25) is 0 Å². The summed E-state index contributed by atoms with van der Waals surface area (Å²) in [6.07, 6.45) is 7.86. The van der Waals surface area contributed by atoms with Crippen molar-refractivity contribution in [1.82, 2.24) is 5.32 Å². The lowest BCUT2D eigenvalue weighted by atomic mass is 9.85. The van der Waals surface area contributed by atoms with Crippen molar-refractivity contribution in [1.29, 1.82) is 0 Å². The van der Waals surface area contributed by atoms with E-state index in [2.05, 4.69) is 44.4 Å². The molecular weight excluding hydrogens is 218 g/mol. The third-order valence-corrected chi connectivity index (χ3v) is 4.36. The second kappa shape index (κ2) is 6.38. The first-order valence-corrected chi connectivity index (χ1v) is 7.55. The minimum absolute atomic E-state index is 0.511. The van der Waals surface area contributed by atoms with Gasteiger partial charge in [-0.15, -0.1) is 0 Å². The molecule has 0 heterocycles. The largest absolute Gasteiger partial charge is 0.313 e. The van der Waals surface area contributed by atoms with Crippen LogP contribution in [0.15, 0.2) is 18.2 Å². The van der Waals surface area contributed by atoms with Crippen LogP contribution < -0.4 is 5.32 Å². The Bertz CT molecular complexity index is 383. The predicted molar refractivity (Wildman–Crippen MR) is 79.0 cm³/mol. The van der Waals surface area contributed by atoms with Crippen LogP contribution in [0.25, 0.3) is 0 Å². The van der Waals surface area contributed by atoms with Gasteiger partial charge in [0.25, 0.3) is 0 Å². The minimum Gasteiger partial charge on any atom is -0.313 e. The summed E-state index contributed by atoms with van der Waals surface area (Å²) in [4.78, 5) is 0. The second-order valence-corrected chi connectivity index (χ2v) is 5.77. The predicted octanol–water partition coefficient (Wildman–Crippen LogP) is 4.26. The molecule has 0 fully saturated rings. The van der Waals surface area contributed by atoms with Gasteiger partial charge in [0.2, 0.25) is 0 Å². The number of rotatable bonds is 5. The number of aryl methyl sites for hydroxylation is 2. The van der Waals surface area contributed by atoms with E-state index >= 15 is 0 Å². The van der Waals surface area contributed by atoms with Gasteiger partial charge in [-0.1, -0.05) is 38.5 Å². The second-order valence-electron chi connectivity index (χ2n) is 5.77. The molecule has 0 aliphatic heterocycles. The molecule has 2 rings (SSSR count). The molecule has 2 atom stereocenters. The Balaban J connectivity index is 2.20. The van der Waals surface area contributed by atoms with Gasteiger partial charge in [0.05, 0.1) is 0 Å². The van der Waals surface area contributed by atoms with Crippen LogP contribution in [0, 0.1) is 5.92 Å². The molecule has 0 saturated heterocycles. The number of fused-ring (bicyclic) bond motifs is 1. The summed E-state index contributed by atoms with van der Waals surface area (Å²) in [5.41, 5.74) is 4.67. The van der Waals surface area contributed by atoms with Gasteiger partial charge in [0.1, 0.15) is 0 Å². The Morgan fingerprint density at radius 1 is 1.17 bits per heavy atom. The van der Waals surface area contributed by atoms with Crippen LogP contribution in [-0.4, -0.2) is 7.05 Å². The molecule has 1 aromatic rings. The van der Waals surface area contributed by atoms with E-state index < -0.39 is 0 Å². The zero-order chi connectivity index (χ0) is 13.0. The molecular formula is C17H27N. The van der Waals surface area contributed by atoms with E-state index in [1.807, 2.05) is 0 Å². The van der Waals surface area contributed by atoms with Crippen LogP contribution >= 0.6 is 0 Å². The van der Waals surface area contributed by atoms with Crippen molar-refractivity contribution in [2.75, 3.05) is 7.05 Å². The fourth-order valence-corrected chi connectivity index (χ4v) is 3.35. The van der Waals surface area contributed by atoms with Gasteiger partial charge in [0, 0.05) is 6.04 Å². The Morgan fingerprint density at radius 3 is 2.56 bits per heavy atom. The topological polar surface area (TPSA) is 12.0 Å². The van der Waals surface area contributed by atoms with Gasteiger partial charge in [-0.25, -0.2) is 0 Å². The standard InChI is InChI=1S/C17H27N/c1-4-7-13(2)17(18-3)16-11-10-14-8-5-6-9-15(14)12-16/h10-13,17-18H,4-9H2,1-3H3.